The molecule has 0 unspecified atom stereocenters. The number of carboxylic acids is 2. The number of aromatic carboxylic acids is 2. The Kier molecular flexibility index (Phi) is 8.99. The van der Waals surface area contributed by atoms with Crippen LogP contribution < -0.4 is 11.3 Å². The van der Waals surface area contributed by atoms with Crippen LogP contribution in [0.4, 0.5) is 0 Å². The number of nitrogens with two attached hydrogens (primary N) is 1. The summed E-state index contributed by atoms with van der Waals surface area (Å²) in [7, 11) is 0. The summed E-state index contributed by atoms with van der Waals surface area (Å²) in [4.78, 5) is 33.0. The molecule has 8 nitrogen and oxygen atoms in total. The Labute approximate surface area is 216 Å². The molecule has 186 valence electrons. The summed E-state index contributed by atoms with van der Waals surface area (Å²) in [5, 5.41) is 18.7. The van der Waals surface area contributed by atoms with Crippen LogP contribution >= 0.6 is 15.9 Å². The van der Waals surface area contributed by atoms with Crippen molar-refractivity contribution in [2.24, 2.45) is 5.84 Å². The predicted molar refractivity (Wildman–Crippen MR) is 141 cm³/mol. The Morgan fingerprint density at radius 3 is 2.11 bits per heavy atom. The molecule has 1 aromatic heterocycles. The SMILES string of the molecule is Cc1c(C(=O)O)cc(Br)cc1C(=O)O.NNC(=O)Cc1cn(CCc2ccccc2)c2ccccc12. The van der Waals surface area contributed by atoms with E-state index in [1.165, 1.54) is 24.6 Å². The average molecular weight is 552 g/mol. The average Bonchev–Trinajstić information content (AvgIpc) is 3.21. The van der Waals surface area contributed by atoms with Gasteiger partial charge >= 0.3 is 11.9 Å². The van der Waals surface area contributed by atoms with Crippen molar-refractivity contribution in [2.45, 2.75) is 26.3 Å². The first-order valence-electron chi connectivity index (χ1n) is 11.1. The lowest BCUT2D eigenvalue weighted by Crippen LogP contribution is -2.31. The number of amides is 1. The number of nitrogens with one attached hydrogen (secondary N) is 1. The Hall–Kier alpha value is -3.95. The number of hydrogen-bond donors (Lipinski definition) is 4. The smallest absolute Gasteiger partial charge is 0.336 e. The maximum Gasteiger partial charge on any atom is 0.336 e. The first-order chi connectivity index (χ1) is 17.2. The van der Waals surface area contributed by atoms with Crippen LogP contribution in [-0.4, -0.2) is 32.6 Å². The molecule has 1 amide bonds. The van der Waals surface area contributed by atoms with Gasteiger partial charge < -0.3 is 14.8 Å². The Morgan fingerprint density at radius 1 is 0.944 bits per heavy atom. The van der Waals surface area contributed by atoms with Gasteiger partial charge in [0.1, 0.15) is 0 Å². The highest BCUT2D eigenvalue weighted by Gasteiger charge is 2.16. The van der Waals surface area contributed by atoms with Crippen LogP contribution in [0, 0.1) is 6.92 Å². The third kappa shape index (κ3) is 6.59. The molecule has 0 saturated carbocycles. The molecule has 4 aromatic rings. The van der Waals surface area contributed by atoms with E-state index >= 15 is 0 Å². The van der Waals surface area contributed by atoms with Gasteiger partial charge in [0.25, 0.3) is 0 Å². The van der Waals surface area contributed by atoms with Crippen molar-refractivity contribution < 1.29 is 24.6 Å². The van der Waals surface area contributed by atoms with Gasteiger partial charge in [-0.05, 0) is 48.2 Å². The molecule has 36 heavy (non-hydrogen) atoms. The first kappa shape index (κ1) is 26.7. The molecular formula is C27H26BrN3O5. The minimum atomic E-state index is -1.13. The number of aromatic nitrogens is 1. The second kappa shape index (κ2) is 12.1. The number of para-hydroxylation sites is 1. The number of rotatable bonds is 7. The van der Waals surface area contributed by atoms with Crippen molar-refractivity contribution in [3.8, 4) is 0 Å². The summed E-state index contributed by atoms with van der Waals surface area (Å²) in [5.74, 6) is 2.76. The van der Waals surface area contributed by atoms with Gasteiger partial charge in [0.05, 0.1) is 17.5 Å². The normalized spacial score (nSPS) is 10.4. The minimum absolute atomic E-state index is 0.00299. The van der Waals surface area contributed by atoms with E-state index in [0.717, 1.165) is 29.4 Å². The second-order valence-corrected chi connectivity index (χ2v) is 9.00. The molecule has 0 saturated heterocycles. The topological polar surface area (TPSA) is 135 Å². The summed E-state index contributed by atoms with van der Waals surface area (Å²) in [6, 6.07) is 21.3. The summed E-state index contributed by atoms with van der Waals surface area (Å²) in [5.41, 5.74) is 5.91. The monoisotopic (exact) mass is 551 g/mol. The molecule has 4 rings (SSSR count). The Balaban J connectivity index is 0.000000223. The Morgan fingerprint density at radius 2 is 1.53 bits per heavy atom. The molecule has 0 fully saturated rings. The van der Waals surface area contributed by atoms with Crippen molar-refractivity contribution in [1.29, 1.82) is 0 Å². The number of fused-ring (bicyclic) bond motifs is 1. The number of carboxylic acid groups (broad SMARTS) is 2. The van der Waals surface area contributed by atoms with Crippen LogP contribution in [0.25, 0.3) is 10.9 Å². The molecule has 0 atom stereocenters. The highest BCUT2D eigenvalue weighted by atomic mass is 79.9. The van der Waals surface area contributed by atoms with E-state index in [2.05, 4.69) is 62.5 Å². The fourth-order valence-electron chi connectivity index (χ4n) is 3.89. The molecule has 0 aliphatic carbocycles. The van der Waals surface area contributed by atoms with Gasteiger partial charge in [-0.25, -0.2) is 15.4 Å². The van der Waals surface area contributed by atoms with Gasteiger partial charge in [0.15, 0.2) is 0 Å². The van der Waals surface area contributed by atoms with Crippen LogP contribution in [0.2, 0.25) is 0 Å². The van der Waals surface area contributed by atoms with Crippen molar-refractivity contribution >= 4 is 44.7 Å². The molecule has 0 spiro atoms. The van der Waals surface area contributed by atoms with E-state index in [1.54, 1.807) is 0 Å². The summed E-state index contributed by atoms with van der Waals surface area (Å²) in [6.07, 6.45) is 3.32. The van der Waals surface area contributed by atoms with Gasteiger partial charge in [-0.3, -0.25) is 10.2 Å². The van der Waals surface area contributed by atoms with E-state index in [4.69, 9.17) is 16.1 Å². The number of aryl methyl sites for hydroxylation is 2. The van der Waals surface area contributed by atoms with Crippen LogP contribution in [0.1, 0.15) is 37.4 Å². The molecule has 5 N–H and O–H groups in total. The highest BCUT2D eigenvalue weighted by Crippen LogP contribution is 2.23. The summed E-state index contributed by atoms with van der Waals surface area (Å²) >= 11 is 3.06. The van der Waals surface area contributed by atoms with Crippen molar-refractivity contribution in [2.75, 3.05) is 0 Å². The number of carbonyl (C=O) groups excluding carboxylic acids is 1. The molecular weight excluding hydrogens is 526 g/mol. The first-order valence-corrected chi connectivity index (χ1v) is 11.9. The molecule has 9 heteroatoms. The predicted octanol–water partition coefficient (Wildman–Crippen LogP) is 4.57. The molecule has 0 aliphatic rings. The molecule has 0 bridgehead atoms. The van der Waals surface area contributed by atoms with Gasteiger partial charge in [-0.2, -0.15) is 0 Å². The quantitative estimate of drug-likeness (QED) is 0.151. The Bertz CT molecular complexity index is 1360. The van der Waals surface area contributed by atoms with Gasteiger partial charge in [0, 0.05) is 28.1 Å². The number of halogens is 1. The summed E-state index contributed by atoms with van der Waals surface area (Å²) in [6.45, 7) is 2.36. The van der Waals surface area contributed by atoms with Crippen LogP contribution in [0.5, 0.6) is 0 Å². The van der Waals surface area contributed by atoms with E-state index in [0.29, 0.717) is 10.9 Å². The van der Waals surface area contributed by atoms with E-state index in [9.17, 15) is 14.4 Å². The standard InChI is InChI=1S/C18H19N3O.C9H7BrO4/c19-20-18(22)12-15-13-21(17-9-5-4-8-16(15)17)11-10-14-6-2-1-3-7-14;1-4-6(8(11)12)2-5(10)3-7(4)9(13)14/h1-9,13H,10-12,19H2,(H,20,22);2-3H,1H3,(H,11,12)(H,13,14). The van der Waals surface area contributed by atoms with Crippen LogP contribution in [0.3, 0.4) is 0 Å². The number of benzene rings is 3. The third-order valence-electron chi connectivity index (χ3n) is 5.70. The van der Waals surface area contributed by atoms with Gasteiger partial charge in [-0.15, -0.1) is 0 Å². The van der Waals surface area contributed by atoms with Crippen molar-refractivity contribution in [1.82, 2.24) is 9.99 Å². The zero-order valence-corrected chi connectivity index (χ0v) is 21.2. The maximum atomic E-state index is 11.6. The van der Waals surface area contributed by atoms with E-state index in [-0.39, 0.29) is 22.6 Å². The number of hydrazine groups is 1. The highest BCUT2D eigenvalue weighted by molar-refractivity contribution is 9.10. The van der Waals surface area contributed by atoms with Gasteiger partial charge in [-0.1, -0.05) is 64.5 Å². The second-order valence-electron chi connectivity index (χ2n) is 8.08. The van der Waals surface area contributed by atoms with E-state index in [1.807, 2.05) is 24.3 Å². The zero-order valence-electron chi connectivity index (χ0n) is 19.6. The number of nitrogens with zero attached hydrogens (tertiary/aromatic N) is 1. The molecule has 1 heterocycles. The fourth-order valence-corrected chi connectivity index (χ4v) is 4.35. The minimum Gasteiger partial charge on any atom is -0.478 e. The van der Waals surface area contributed by atoms with Gasteiger partial charge in [0.2, 0.25) is 5.91 Å². The molecule has 0 radical (unpaired) electrons. The fraction of sp³-hybridized carbons (Fsp3) is 0.148. The molecule has 3 aromatic carbocycles. The van der Waals surface area contributed by atoms with Crippen molar-refractivity contribution in [3.05, 3.63) is 105 Å². The van der Waals surface area contributed by atoms with Crippen molar-refractivity contribution in [3.63, 3.8) is 0 Å². The van der Waals surface area contributed by atoms with Crippen LogP contribution in [0.15, 0.2) is 77.4 Å². The zero-order chi connectivity index (χ0) is 26.2. The van der Waals surface area contributed by atoms with Crippen LogP contribution in [-0.2, 0) is 24.2 Å². The number of carbonyl (C=O) groups is 3. The maximum absolute atomic E-state index is 11.6. The lowest BCUT2D eigenvalue weighted by molar-refractivity contribution is -0.120. The molecule has 0 aliphatic heterocycles. The largest absolute Gasteiger partial charge is 0.478 e. The third-order valence-corrected chi connectivity index (χ3v) is 6.16. The van der Waals surface area contributed by atoms with E-state index < -0.39 is 11.9 Å². The lowest BCUT2D eigenvalue weighted by atomic mass is 10.0. The summed E-state index contributed by atoms with van der Waals surface area (Å²) < 4.78 is 2.65. The number of hydrogen-bond acceptors (Lipinski definition) is 4. The lowest BCUT2D eigenvalue weighted by Gasteiger charge is -2.05.